The molecular formula is C21H17Cl2NO4S2. The number of halogens is 2. The molecule has 0 unspecified atom stereocenters. The topological polar surface area (TPSA) is 80.6 Å². The minimum Gasteiger partial charge on any atom is -0.290 e. The molecule has 30 heavy (non-hydrogen) atoms. The Morgan fingerprint density at radius 1 is 0.700 bits per heavy atom. The van der Waals surface area contributed by atoms with E-state index >= 15 is 0 Å². The van der Waals surface area contributed by atoms with Crippen molar-refractivity contribution in [2.45, 2.75) is 20.9 Å². The van der Waals surface area contributed by atoms with E-state index < -0.39 is 24.3 Å². The van der Waals surface area contributed by atoms with E-state index in [1.165, 1.54) is 48.5 Å². The second-order valence-corrected chi connectivity index (χ2v) is 11.7. The van der Waals surface area contributed by atoms with Gasteiger partial charge >= 0.3 is 0 Å². The molecule has 9 heteroatoms. The first kappa shape index (κ1) is 22.5. The molecule has 0 aliphatic heterocycles. The second-order valence-electron chi connectivity index (χ2n) is 6.34. The van der Waals surface area contributed by atoms with Crippen molar-refractivity contribution in [2.24, 2.45) is 4.99 Å². The number of benzene rings is 3. The Morgan fingerprint density at radius 3 is 1.57 bits per heavy atom. The Morgan fingerprint density at radius 2 is 1.13 bits per heavy atom. The second kappa shape index (κ2) is 9.31. The lowest BCUT2D eigenvalue weighted by Gasteiger charge is -2.15. The zero-order chi connectivity index (χ0) is 21.8. The fourth-order valence-corrected chi connectivity index (χ4v) is 6.98. The van der Waals surface area contributed by atoms with E-state index in [0.717, 1.165) is 11.8 Å². The molecule has 0 heterocycles. The summed E-state index contributed by atoms with van der Waals surface area (Å²) in [6.07, 6.45) is 0.973. The van der Waals surface area contributed by atoms with Crippen molar-refractivity contribution < 1.29 is 16.8 Å². The van der Waals surface area contributed by atoms with Crippen LogP contribution in [0.4, 0.5) is 0 Å². The third-order valence-corrected chi connectivity index (χ3v) is 9.59. The summed E-state index contributed by atoms with van der Waals surface area (Å²) in [5.74, 6) is 0. The summed E-state index contributed by atoms with van der Waals surface area (Å²) in [5.41, 5.74) is 0.820. The van der Waals surface area contributed by atoms with Crippen molar-refractivity contribution in [2.75, 3.05) is 0 Å². The lowest BCUT2D eigenvalue weighted by Crippen LogP contribution is -2.32. The molecule has 5 nitrogen and oxygen atoms in total. The van der Waals surface area contributed by atoms with E-state index in [4.69, 9.17) is 23.2 Å². The molecule has 156 valence electrons. The summed E-state index contributed by atoms with van der Waals surface area (Å²) in [6.45, 7) is 0.142. The number of aliphatic imine (C=N–C) groups is 1. The van der Waals surface area contributed by atoms with Crippen LogP contribution in [0.2, 0.25) is 10.0 Å². The maximum absolute atomic E-state index is 13.2. The molecule has 0 saturated carbocycles. The van der Waals surface area contributed by atoms with Gasteiger partial charge in [0.15, 0.2) is 0 Å². The number of hydrogen-bond donors (Lipinski definition) is 0. The third kappa shape index (κ3) is 5.10. The van der Waals surface area contributed by atoms with Crippen LogP contribution in [-0.2, 0) is 26.2 Å². The van der Waals surface area contributed by atoms with Crippen LogP contribution >= 0.6 is 23.2 Å². The first-order valence-electron chi connectivity index (χ1n) is 8.74. The average molecular weight is 482 g/mol. The lowest BCUT2D eigenvalue weighted by atomic mass is 10.2. The van der Waals surface area contributed by atoms with Gasteiger partial charge in [-0.05, 0) is 54.1 Å². The van der Waals surface area contributed by atoms with Gasteiger partial charge in [0.2, 0.25) is 24.3 Å². The van der Waals surface area contributed by atoms with Gasteiger partial charge < -0.3 is 0 Å². The van der Waals surface area contributed by atoms with Crippen LogP contribution in [0.5, 0.6) is 0 Å². The first-order chi connectivity index (χ1) is 14.2. The van der Waals surface area contributed by atoms with Gasteiger partial charge in [0.05, 0.1) is 16.3 Å². The van der Waals surface area contributed by atoms with E-state index in [0.29, 0.717) is 10.0 Å². The normalized spacial score (nSPS) is 12.5. The van der Waals surface area contributed by atoms with Crippen LogP contribution in [0.1, 0.15) is 5.56 Å². The Hall–Kier alpha value is -2.19. The monoisotopic (exact) mass is 481 g/mol. The van der Waals surface area contributed by atoms with E-state index in [9.17, 15) is 16.8 Å². The molecule has 0 aliphatic rings. The van der Waals surface area contributed by atoms with Gasteiger partial charge in [0.25, 0.3) is 0 Å². The molecule has 3 aromatic carbocycles. The Balaban J connectivity index is 2.05. The smallest absolute Gasteiger partial charge is 0.206 e. The van der Waals surface area contributed by atoms with Crippen LogP contribution in [0.25, 0.3) is 0 Å². The number of nitrogens with zero attached hydrogens (tertiary/aromatic N) is 1. The van der Waals surface area contributed by atoms with Gasteiger partial charge in [0, 0.05) is 16.3 Å². The van der Waals surface area contributed by atoms with E-state index in [2.05, 4.69) is 4.99 Å². The zero-order valence-electron chi connectivity index (χ0n) is 15.5. The minimum atomic E-state index is -4.32. The summed E-state index contributed by atoms with van der Waals surface area (Å²) in [4.78, 5) is 3.79. The maximum Gasteiger partial charge on any atom is 0.206 e. The molecular weight excluding hydrogens is 465 g/mol. The summed E-state index contributed by atoms with van der Waals surface area (Å²) >= 11 is 11.7. The molecule has 3 aromatic rings. The van der Waals surface area contributed by atoms with E-state index in [-0.39, 0.29) is 16.3 Å². The van der Waals surface area contributed by atoms with Gasteiger partial charge in [0.1, 0.15) is 0 Å². The zero-order valence-corrected chi connectivity index (χ0v) is 18.7. The molecule has 0 bridgehead atoms. The van der Waals surface area contributed by atoms with Crippen molar-refractivity contribution in [1.29, 1.82) is 0 Å². The molecule has 0 fully saturated rings. The highest BCUT2D eigenvalue weighted by Gasteiger charge is 2.38. The molecule has 0 aromatic heterocycles. The van der Waals surface area contributed by atoms with Crippen molar-refractivity contribution >= 4 is 49.1 Å². The molecule has 0 aliphatic carbocycles. The summed E-state index contributed by atoms with van der Waals surface area (Å²) in [7, 11) is -8.63. The number of hydrogen-bond acceptors (Lipinski definition) is 5. The van der Waals surface area contributed by atoms with Gasteiger partial charge in [-0.15, -0.1) is 0 Å². The summed E-state index contributed by atoms with van der Waals surface area (Å²) in [6, 6.07) is 19.7. The van der Waals surface area contributed by atoms with Crippen molar-refractivity contribution in [3.63, 3.8) is 0 Å². The maximum atomic E-state index is 13.2. The number of rotatable bonds is 7. The third-order valence-electron chi connectivity index (χ3n) is 4.24. The van der Waals surface area contributed by atoms with Gasteiger partial charge in [-0.2, -0.15) is 0 Å². The predicted molar refractivity (Wildman–Crippen MR) is 120 cm³/mol. The van der Waals surface area contributed by atoms with Gasteiger partial charge in [-0.25, -0.2) is 16.8 Å². The first-order valence-corrected chi connectivity index (χ1v) is 12.6. The summed E-state index contributed by atoms with van der Waals surface area (Å²) in [5, 5.41) is 0.674. The van der Waals surface area contributed by atoms with E-state index in [1.54, 1.807) is 0 Å². The molecule has 3 rings (SSSR count). The van der Waals surface area contributed by atoms with Crippen molar-refractivity contribution in [3.8, 4) is 0 Å². The van der Waals surface area contributed by atoms with Crippen LogP contribution in [0, 0.1) is 0 Å². The average Bonchev–Trinajstić information content (AvgIpc) is 2.72. The molecule has 0 atom stereocenters. The van der Waals surface area contributed by atoms with Crippen LogP contribution < -0.4 is 0 Å². The molecule has 0 spiro atoms. The fraction of sp³-hybridized carbons (Fsp3) is 0.0952. The largest absolute Gasteiger partial charge is 0.290 e. The fourth-order valence-electron chi connectivity index (χ4n) is 2.67. The Labute approximate surface area is 185 Å². The lowest BCUT2D eigenvalue weighted by molar-refractivity contribution is 0.584. The number of sulfone groups is 2. The highest BCUT2D eigenvalue weighted by molar-refractivity contribution is 8.10. The minimum absolute atomic E-state index is 0.142. The summed E-state index contributed by atoms with van der Waals surface area (Å²) < 4.78 is 51.0. The SMILES string of the molecule is O=S(=O)(c1ccc(Cl)cc1)C(C=NCc1ccccc1)S(=O)(=O)c1ccc(Cl)cc1. The Kier molecular flexibility index (Phi) is 6.98. The van der Waals surface area contributed by atoms with Gasteiger partial charge in [-0.3, -0.25) is 4.99 Å². The van der Waals surface area contributed by atoms with Crippen LogP contribution in [0.15, 0.2) is 93.6 Å². The molecule has 0 N–H and O–H groups in total. The quantitative estimate of drug-likeness (QED) is 0.452. The highest BCUT2D eigenvalue weighted by Crippen LogP contribution is 2.26. The van der Waals surface area contributed by atoms with E-state index in [1.807, 2.05) is 30.3 Å². The predicted octanol–water partition coefficient (Wildman–Crippen LogP) is 4.84. The van der Waals surface area contributed by atoms with Crippen molar-refractivity contribution in [3.05, 3.63) is 94.5 Å². The highest BCUT2D eigenvalue weighted by atomic mass is 35.5. The van der Waals surface area contributed by atoms with Crippen molar-refractivity contribution in [1.82, 2.24) is 0 Å². The van der Waals surface area contributed by atoms with Crippen LogP contribution in [-0.4, -0.2) is 27.6 Å². The Bertz CT molecular complexity index is 1170. The van der Waals surface area contributed by atoms with Gasteiger partial charge in [-0.1, -0.05) is 53.5 Å². The molecule has 0 saturated heterocycles. The molecule has 0 radical (unpaired) electrons. The standard InChI is InChI=1S/C21H17Cl2NO4S2/c22-17-6-10-19(11-7-17)29(25,26)21(15-24-14-16-4-2-1-3-5-16)30(27,28)20-12-8-18(23)9-13-20/h1-13,15,21H,14H2. The van der Waals surface area contributed by atoms with Crippen LogP contribution in [0.3, 0.4) is 0 Å². The molecule has 0 amide bonds.